The van der Waals surface area contributed by atoms with Crippen LogP contribution < -0.4 is 10.9 Å². The summed E-state index contributed by atoms with van der Waals surface area (Å²) < 4.78 is 15.2. The molecule has 218 valence electrons. The molecule has 0 bridgehead atoms. The van der Waals surface area contributed by atoms with Gasteiger partial charge in [-0.2, -0.15) is 0 Å². The Morgan fingerprint density at radius 2 is 1.23 bits per heavy atom. The number of aromatic nitrogens is 1. The summed E-state index contributed by atoms with van der Waals surface area (Å²) in [6, 6.07) is 26.7. The van der Waals surface area contributed by atoms with E-state index < -0.39 is 0 Å². The van der Waals surface area contributed by atoms with Crippen molar-refractivity contribution in [2.24, 2.45) is 0 Å². The van der Waals surface area contributed by atoms with E-state index in [1.165, 1.54) is 80.9 Å². The van der Waals surface area contributed by atoms with Crippen molar-refractivity contribution < 1.29 is 9.31 Å². The van der Waals surface area contributed by atoms with Crippen molar-refractivity contribution in [3.05, 3.63) is 83.9 Å². The lowest BCUT2D eigenvalue weighted by Crippen LogP contribution is -2.41. The van der Waals surface area contributed by atoms with Crippen LogP contribution in [0.25, 0.3) is 44.1 Å². The van der Waals surface area contributed by atoms with Crippen molar-refractivity contribution >= 4 is 47.7 Å². The normalized spacial score (nSPS) is 16.0. The Morgan fingerprint density at radius 1 is 0.674 bits per heavy atom. The van der Waals surface area contributed by atoms with Crippen molar-refractivity contribution in [3.8, 4) is 22.3 Å². The summed E-state index contributed by atoms with van der Waals surface area (Å²) in [6.07, 6.45) is 4.92. The largest absolute Gasteiger partial charge is 0.494 e. The van der Waals surface area contributed by atoms with Gasteiger partial charge in [0.1, 0.15) is 7.85 Å². The predicted octanol–water partition coefficient (Wildman–Crippen LogP) is 8.42. The van der Waals surface area contributed by atoms with Gasteiger partial charge in [-0.3, -0.25) is 0 Å². The van der Waals surface area contributed by atoms with Gasteiger partial charge in [0, 0.05) is 28.4 Å². The lowest BCUT2D eigenvalue weighted by atomic mass is 9.77. The highest BCUT2D eigenvalue weighted by Crippen LogP contribution is 2.38. The Labute approximate surface area is 259 Å². The summed E-state index contributed by atoms with van der Waals surface area (Å²) in [5.41, 5.74) is 11.1. The van der Waals surface area contributed by atoms with Gasteiger partial charge >= 0.3 is 7.12 Å². The molecule has 0 unspecified atom stereocenters. The molecule has 4 aromatic carbocycles. The second-order valence-corrected chi connectivity index (χ2v) is 13.4. The number of hydrogen-bond donors (Lipinski definition) is 0. The average molecular weight is 567 g/mol. The molecule has 0 N–H and O–H groups in total. The Hall–Kier alpha value is -3.27. The highest BCUT2D eigenvalue weighted by atomic mass is 16.7. The molecule has 6 rings (SSSR count). The second kappa shape index (κ2) is 11.3. The molecular formula is C38H43B2NO2. The molecule has 5 heteroatoms. The number of fused-ring (bicyclic) bond motifs is 3. The number of unbranched alkanes of at least 4 members (excludes halogenated alkanes) is 3. The van der Waals surface area contributed by atoms with Crippen LogP contribution in [0.4, 0.5) is 0 Å². The van der Waals surface area contributed by atoms with E-state index >= 15 is 0 Å². The Bertz CT molecular complexity index is 1800. The van der Waals surface area contributed by atoms with Crippen LogP contribution in [0.15, 0.2) is 72.8 Å². The molecule has 0 saturated carbocycles. The quantitative estimate of drug-likeness (QED) is 0.139. The molecule has 1 saturated heterocycles. The molecule has 1 aromatic heterocycles. The molecule has 1 aliphatic rings. The molecule has 0 amide bonds. The molecule has 0 aliphatic carbocycles. The van der Waals surface area contributed by atoms with Crippen molar-refractivity contribution in [1.29, 1.82) is 0 Å². The van der Waals surface area contributed by atoms with Crippen molar-refractivity contribution in [3.63, 3.8) is 0 Å². The summed E-state index contributed by atoms with van der Waals surface area (Å²) in [4.78, 5) is 0. The Kier molecular flexibility index (Phi) is 7.85. The van der Waals surface area contributed by atoms with Gasteiger partial charge < -0.3 is 13.9 Å². The van der Waals surface area contributed by atoms with E-state index in [1.54, 1.807) is 0 Å². The molecule has 5 aromatic rings. The van der Waals surface area contributed by atoms with Gasteiger partial charge in [0.05, 0.1) is 11.2 Å². The highest BCUT2D eigenvalue weighted by Gasteiger charge is 2.51. The smallest absolute Gasteiger partial charge is 0.399 e. The minimum absolute atomic E-state index is 0.355. The monoisotopic (exact) mass is 567 g/mol. The third kappa shape index (κ3) is 5.47. The van der Waals surface area contributed by atoms with Crippen molar-refractivity contribution in [2.75, 3.05) is 0 Å². The van der Waals surface area contributed by atoms with E-state index in [0.717, 1.165) is 17.5 Å². The molecular weight excluding hydrogens is 524 g/mol. The van der Waals surface area contributed by atoms with Crippen LogP contribution in [0.5, 0.6) is 0 Å². The van der Waals surface area contributed by atoms with E-state index in [9.17, 15) is 0 Å². The molecule has 43 heavy (non-hydrogen) atoms. The topological polar surface area (TPSA) is 23.4 Å². The third-order valence-corrected chi connectivity index (χ3v) is 9.75. The molecule has 1 aliphatic heterocycles. The lowest BCUT2D eigenvalue weighted by Gasteiger charge is -2.32. The van der Waals surface area contributed by atoms with E-state index in [0.29, 0.717) is 0 Å². The van der Waals surface area contributed by atoms with Crippen LogP contribution in [-0.2, 0) is 15.9 Å². The zero-order chi connectivity index (χ0) is 30.5. The average Bonchev–Trinajstić information content (AvgIpc) is 3.38. The third-order valence-electron chi connectivity index (χ3n) is 9.75. The molecule has 1 fully saturated rings. The van der Waals surface area contributed by atoms with E-state index in [1.807, 2.05) is 6.07 Å². The molecule has 2 radical (unpaired) electrons. The number of nitrogens with zero attached hydrogens (tertiary/aromatic N) is 1. The van der Waals surface area contributed by atoms with Crippen LogP contribution in [0.1, 0.15) is 71.4 Å². The van der Waals surface area contributed by atoms with Gasteiger partial charge in [0.2, 0.25) is 0 Å². The standard InChI is InChI=1S/C38H43B2NO2/c1-8-9-10-11-20-41-35-23-27(31-18-14-29(39)21-25(31)2)12-16-33(35)34-17-13-28(24-36(34)41)32-19-15-30(22-26(32)3)40-42-37(4,5)38(6,7)43-40/h12-19,21-24H,8-11,20H2,1-7H3. The summed E-state index contributed by atoms with van der Waals surface area (Å²) in [7, 11) is 5.71. The summed E-state index contributed by atoms with van der Waals surface area (Å²) in [6.45, 7) is 16.0. The van der Waals surface area contributed by atoms with Crippen LogP contribution in [0.3, 0.4) is 0 Å². The highest BCUT2D eigenvalue weighted by molar-refractivity contribution is 6.62. The predicted molar refractivity (Wildman–Crippen MR) is 185 cm³/mol. The minimum Gasteiger partial charge on any atom is -0.399 e. The summed E-state index contributed by atoms with van der Waals surface area (Å²) in [5.74, 6) is 0. The number of hydrogen-bond acceptors (Lipinski definition) is 2. The van der Waals surface area contributed by atoms with Crippen LogP contribution >= 0.6 is 0 Å². The first-order valence-corrected chi connectivity index (χ1v) is 15.9. The number of rotatable bonds is 8. The Balaban J connectivity index is 1.42. The number of benzene rings is 4. The molecule has 0 spiro atoms. The number of aryl methyl sites for hydroxylation is 3. The van der Waals surface area contributed by atoms with E-state index in [-0.39, 0.29) is 18.3 Å². The first-order chi connectivity index (χ1) is 20.5. The fraction of sp³-hybridized carbons (Fsp3) is 0.368. The maximum absolute atomic E-state index is 6.34. The summed E-state index contributed by atoms with van der Waals surface area (Å²) >= 11 is 0. The lowest BCUT2D eigenvalue weighted by molar-refractivity contribution is 0.00578. The summed E-state index contributed by atoms with van der Waals surface area (Å²) in [5, 5.41) is 2.61. The maximum atomic E-state index is 6.34. The van der Waals surface area contributed by atoms with Gasteiger partial charge in [-0.15, -0.1) is 0 Å². The van der Waals surface area contributed by atoms with E-state index in [2.05, 4.69) is 120 Å². The fourth-order valence-electron chi connectivity index (χ4n) is 6.52. The Morgan fingerprint density at radius 3 is 1.77 bits per heavy atom. The first kappa shape index (κ1) is 29.8. The van der Waals surface area contributed by atoms with Gasteiger partial charge in [0.25, 0.3) is 0 Å². The van der Waals surface area contributed by atoms with Crippen molar-refractivity contribution in [2.45, 2.75) is 91.9 Å². The maximum Gasteiger partial charge on any atom is 0.494 e. The SMILES string of the molecule is [B]c1ccc(-c2ccc3c4ccc(-c5ccc(B6OC(C)(C)C(C)(C)O6)cc5C)cc4n(CCCCCC)c3c2)c(C)c1. The second-order valence-electron chi connectivity index (χ2n) is 13.4. The van der Waals surface area contributed by atoms with Crippen LogP contribution in [-0.4, -0.2) is 30.7 Å². The molecule has 2 heterocycles. The van der Waals surface area contributed by atoms with Crippen LogP contribution in [0.2, 0.25) is 0 Å². The minimum atomic E-state index is -0.357. The van der Waals surface area contributed by atoms with Crippen LogP contribution in [0, 0.1) is 13.8 Å². The van der Waals surface area contributed by atoms with E-state index in [4.69, 9.17) is 17.2 Å². The zero-order valence-corrected chi connectivity index (χ0v) is 26.9. The van der Waals surface area contributed by atoms with Gasteiger partial charge in [0.15, 0.2) is 0 Å². The zero-order valence-electron chi connectivity index (χ0n) is 26.9. The van der Waals surface area contributed by atoms with Crippen molar-refractivity contribution in [1.82, 2.24) is 4.57 Å². The first-order valence-electron chi connectivity index (χ1n) is 15.9. The molecule has 3 nitrogen and oxygen atoms in total. The van der Waals surface area contributed by atoms with Gasteiger partial charge in [-0.1, -0.05) is 92.3 Å². The fourth-order valence-corrected chi connectivity index (χ4v) is 6.52. The van der Waals surface area contributed by atoms with Gasteiger partial charge in [-0.25, -0.2) is 0 Å². The van der Waals surface area contributed by atoms with Gasteiger partial charge in [-0.05, 0) is 98.9 Å². The molecule has 0 atom stereocenters.